The van der Waals surface area contributed by atoms with E-state index in [0.717, 1.165) is 17.7 Å². The number of esters is 2. The predicted octanol–water partition coefficient (Wildman–Crippen LogP) is 4.05. The molecule has 0 spiro atoms. The van der Waals surface area contributed by atoms with Gasteiger partial charge >= 0.3 is 11.9 Å². The van der Waals surface area contributed by atoms with Gasteiger partial charge in [-0.1, -0.05) is 31.2 Å². The number of nitrogens with zero attached hydrogens (tertiary/aromatic N) is 1. The van der Waals surface area contributed by atoms with Crippen molar-refractivity contribution in [2.24, 2.45) is 0 Å². The summed E-state index contributed by atoms with van der Waals surface area (Å²) in [5, 5.41) is 0. The Morgan fingerprint density at radius 3 is 1.50 bits per heavy atom. The van der Waals surface area contributed by atoms with Crippen LogP contribution in [0, 0.1) is 0 Å². The molecule has 1 aliphatic heterocycles. The van der Waals surface area contributed by atoms with Crippen LogP contribution >= 0.6 is 12.4 Å². The molecule has 1 saturated heterocycles. The number of benzene rings is 2. The summed E-state index contributed by atoms with van der Waals surface area (Å²) < 4.78 is 9.44. The van der Waals surface area contributed by atoms with Crippen LogP contribution in [-0.2, 0) is 14.3 Å². The summed E-state index contributed by atoms with van der Waals surface area (Å²) in [6.07, 6.45) is 3.72. The number of carbonyl (C=O) groups is 3. The molecule has 0 bridgehead atoms. The quantitative estimate of drug-likeness (QED) is 0.500. The van der Waals surface area contributed by atoms with Gasteiger partial charge in [-0.15, -0.1) is 12.4 Å². The Balaban J connectivity index is 0.00000363. The largest absolute Gasteiger partial charge is 0.465 e. The molecule has 0 N–H and O–H groups in total. The van der Waals surface area contributed by atoms with Crippen molar-refractivity contribution in [1.82, 2.24) is 4.90 Å². The Kier molecular flexibility index (Phi) is 8.93. The Hall–Kier alpha value is -3.22. The number of likely N-dealkylation sites (tertiary alicyclic amines) is 1. The summed E-state index contributed by atoms with van der Waals surface area (Å²) >= 11 is 0. The SMILES string of the molecule is CCN1C/C(=C/c2ccc(C(=O)OC)cc2)C(=O)/C(=C/c2ccc(C(=O)OC)cc2)C1.Cl. The Bertz CT molecular complexity index is 958. The third-order valence-electron chi connectivity index (χ3n) is 5.16. The molecule has 0 radical (unpaired) electrons. The zero-order valence-electron chi connectivity index (χ0n) is 18.3. The molecule has 0 atom stereocenters. The van der Waals surface area contributed by atoms with Gasteiger partial charge in [0.05, 0.1) is 25.3 Å². The van der Waals surface area contributed by atoms with Crippen LogP contribution in [0.3, 0.4) is 0 Å². The van der Waals surface area contributed by atoms with Crippen molar-refractivity contribution in [1.29, 1.82) is 0 Å². The summed E-state index contributed by atoms with van der Waals surface area (Å²) in [6.45, 7) is 3.99. The van der Waals surface area contributed by atoms with Gasteiger partial charge < -0.3 is 9.47 Å². The number of likely N-dealkylation sites (N-methyl/N-ethyl adjacent to an activating group) is 1. The minimum atomic E-state index is -0.395. The van der Waals surface area contributed by atoms with E-state index >= 15 is 0 Å². The third-order valence-corrected chi connectivity index (χ3v) is 5.16. The smallest absolute Gasteiger partial charge is 0.337 e. The molecule has 1 heterocycles. The van der Waals surface area contributed by atoms with Gasteiger partial charge in [-0.2, -0.15) is 0 Å². The van der Waals surface area contributed by atoms with Crippen molar-refractivity contribution in [3.63, 3.8) is 0 Å². The standard InChI is InChI=1S/C25H25NO5.ClH/c1-4-26-15-21(13-17-5-9-19(10-6-17)24(28)30-2)23(27)22(16-26)14-18-7-11-20(12-8-18)25(29)31-3;/h5-14H,4,15-16H2,1-3H3;1H/b21-13-,22-14+;. The molecule has 2 aromatic rings. The molecule has 6 nitrogen and oxygen atoms in total. The topological polar surface area (TPSA) is 72.9 Å². The fourth-order valence-electron chi connectivity index (χ4n) is 3.40. The highest BCUT2D eigenvalue weighted by atomic mass is 35.5. The van der Waals surface area contributed by atoms with Crippen molar-refractivity contribution in [3.05, 3.63) is 81.9 Å². The lowest BCUT2D eigenvalue weighted by Crippen LogP contribution is -2.37. The molecule has 0 aromatic heterocycles. The highest BCUT2D eigenvalue weighted by molar-refractivity contribution is 6.14. The van der Waals surface area contributed by atoms with E-state index in [9.17, 15) is 14.4 Å². The summed E-state index contributed by atoms with van der Waals surface area (Å²) in [5.74, 6) is -0.791. The van der Waals surface area contributed by atoms with Crippen LogP contribution in [-0.4, -0.2) is 56.5 Å². The van der Waals surface area contributed by atoms with E-state index in [1.165, 1.54) is 14.2 Å². The molecule has 2 aromatic carbocycles. The number of hydrogen-bond acceptors (Lipinski definition) is 6. The number of methoxy groups -OCH3 is 2. The van der Waals surface area contributed by atoms with E-state index in [4.69, 9.17) is 9.47 Å². The van der Waals surface area contributed by atoms with Gasteiger partial charge in [-0.3, -0.25) is 9.69 Å². The number of hydrogen-bond donors (Lipinski definition) is 0. The van der Waals surface area contributed by atoms with Crippen LogP contribution in [0.1, 0.15) is 38.8 Å². The second kappa shape index (κ2) is 11.4. The fourth-order valence-corrected chi connectivity index (χ4v) is 3.40. The van der Waals surface area contributed by atoms with Crippen LogP contribution in [0.25, 0.3) is 12.2 Å². The van der Waals surface area contributed by atoms with Crippen molar-refractivity contribution in [2.45, 2.75) is 6.92 Å². The number of piperidine rings is 1. The van der Waals surface area contributed by atoms with E-state index in [2.05, 4.69) is 11.8 Å². The third kappa shape index (κ3) is 5.93. The molecule has 168 valence electrons. The summed E-state index contributed by atoms with van der Waals surface area (Å²) in [4.78, 5) is 38.5. The van der Waals surface area contributed by atoms with Gasteiger partial charge in [0.15, 0.2) is 5.78 Å². The normalized spacial score (nSPS) is 16.5. The van der Waals surface area contributed by atoms with E-state index in [0.29, 0.717) is 35.4 Å². The molecular weight excluding hydrogens is 430 g/mol. The first-order chi connectivity index (χ1) is 14.9. The molecule has 3 rings (SSSR count). The molecule has 7 heteroatoms. The maximum absolute atomic E-state index is 13.1. The van der Waals surface area contributed by atoms with E-state index in [1.54, 1.807) is 48.5 Å². The molecular formula is C25H26ClNO5. The minimum Gasteiger partial charge on any atom is -0.465 e. The minimum absolute atomic E-state index is 0. The second-order valence-corrected chi connectivity index (χ2v) is 7.20. The number of carbonyl (C=O) groups excluding carboxylic acids is 3. The first-order valence-electron chi connectivity index (χ1n) is 10.00. The van der Waals surface area contributed by atoms with E-state index in [1.807, 2.05) is 12.2 Å². The number of Topliss-reactive ketones (excluding diaryl/α,β-unsaturated/α-hetero) is 1. The van der Waals surface area contributed by atoms with Crippen LogP contribution in [0.5, 0.6) is 0 Å². The van der Waals surface area contributed by atoms with Crippen LogP contribution in [0.2, 0.25) is 0 Å². The highest BCUT2D eigenvalue weighted by Gasteiger charge is 2.25. The number of ether oxygens (including phenoxy) is 2. The van der Waals surface area contributed by atoms with E-state index < -0.39 is 11.9 Å². The molecule has 32 heavy (non-hydrogen) atoms. The van der Waals surface area contributed by atoms with Gasteiger partial charge in [0, 0.05) is 24.2 Å². The zero-order chi connectivity index (χ0) is 22.4. The highest BCUT2D eigenvalue weighted by Crippen LogP contribution is 2.22. The Labute approximate surface area is 193 Å². The van der Waals surface area contributed by atoms with Gasteiger partial charge in [0.1, 0.15) is 0 Å². The zero-order valence-corrected chi connectivity index (χ0v) is 19.1. The van der Waals surface area contributed by atoms with Crippen LogP contribution in [0.15, 0.2) is 59.7 Å². The summed E-state index contributed by atoms with van der Waals surface area (Å²) in [7, 11) is 2.68. The summed E-state index contributed by atoms with van der Waals surface area (Å²) in [5.41, 5.74) is 4.00. The average Bonchev–Trinajstić information content (AvgIpc) is 2.81. The van der Waals surface area contributed by atoms with E-state index in [-0.39, 0.29) is 18.2 Å². The van der Waals surface area contributed by atoms with Crippen LogP contribution < -0.4 is 0 Å². The van der Waals surface area contributed by atoms with Gasteiger partial charge in [0.25, 0.3) is 0 Å². The number of ketones is 1. The molecule has 0 saturated carbocycles. The van der Waals surface area contributed by atoms with Gasteiger partial charge in [-0.25, -0.2) is 9.59 Å². The monoisotopic (exact) mass is 455 g/mol. The van der Waals surface area contributed by atoms with Crippen LogP contribution in [0.4, 0.5) is 0 Å². The predicted molar refractivity (Wildman–Crippen MR) is 126 cm³/mol. The Morgan fingerprint density at radius 1 is 0.812 bits per heavy atom. The molecule has 1 aliphatic rings. The van der Waals surface area contributed by atoms with Crippen molar-refractivity contribution < 1.29 is 23.9 Å². The Morgan fingerprint density at radius 2 is 1.19 bits per heavy atom. The fraction of sp³-hybridized carbons (Fsp3) is 0.240. The first-order valence-corrected chi connectivity index (χ1v) is 10.00. The lowest BCUT2D eigenvalue weighted by Gasteiger charge is -2.28. The second-order valence-electron chi connectivity index (χ2n) is 7.20. The van der Waals surface area contributed by atoms with Crippen molar-refractivity contribution in [2.75, 3.05) is 33.9 Å². The molecule has 1 fully saturated rings. The first kappa shape index (κ1) is 25.0. The molecule has 0 unspecified atom stereocenters. The number of halogens is 1. The summed E-state index contributed by atoms with van der Waals surface area (Å²) in [6, 6.07) is 13.9. The maximum Gasteiger partial charge on any atom is 0.337 e. The lowest BCUT2D eigenvalue weighted by atomic mass is 9.94. The average molecular weight is 456 g/mol. The maximum atomic E-state index is 13.1. The van der Waals surface area contributed by atoms with Crippen molar-refractivity contribution in [3.8, 4) is 0 Å². The molecule has 0 amide bonds. The molecule has 0 aliphatic carbocycles. The van der Waals surface area contributed by atoms with Gasteiger partial charge in [0.2, 0.25) is 0 Å². The van der Waals surface area contributed by atoms with Gasteiger partial charge in [-0.05, 0) is 54.1 Å². The number of rotatable bonds is 5. The lowest BCUT2D eigenvalue weighted by molar-refractivity contribution is -0.113. The van der Waals surface area contributed by atoms with Crippen molar-refractivity contribution >= 4 is 42.3 Å².